The molecule has 7 heteroatoms. The summed E-state index contributed by atoms with van der Waals surface area (Å²) in [6.45, 7) is 1.64. The van der Waals surface area contributed by atoms with Gasteiger partial charge in [-0.05, 0) is 18.1 Å². The quantitative estimate of drug-likeness (QED) is 0.294. The van der Waals surface area contributed by atoms with Crippen LogP contribution in [0, 0.1) is 11.8 Å². The first-order chi connectivity index (χ1) is 11.4. The van der Waals surface area contributed by atoms with E-state index in [1.54, 1.807) is 6.92 Å². The highest BCUT2D eigenvalue weighted by Gasteiger charge is 2.34. The Morgan fingerprint density at radius 1 is 1.04 bits per heavy atom. The van der Waals surface area contributed by atoms with Crippen LogP contribution < -0.4 is 14.2 Å². The number of benzene rings is 1. The predicted molar refractivity (Wildman–Crippen MR) is 85.8 cm³/mol. The molecule has 1 aromatic carbocycles. The van der Waals surface area contributed by atoms with Crippen LogP contribution in [0.2, 0.25) is 0 Å². The molecule has 24 heavy (non-hydrogen) atoms. The molecule has 2 unspecified atom stereocenters. The number of rotatable bonds is 9. The zero-order valence-electron chi connectivity index (χ0n) is 14.5. The number of ether oxygens (including phenoxy) is 4. The van der Waals surface area contributed by atoms with Gasteiger partial charge in [-0.2, -0.15) is 0 Å². The summed E-state index contributed by atoms with van der Waals surface area (Å²) in [5, 5.41) is 0. The Balaban J connectivity index is 3.37. The number of carbonyl (C=O) groups is 3. The van der Waals surface area contributed by atoms with Crippen molar-refractivity contribution >= 4 is 18.0 Å². The van der Waals surface area contributed by atoms with Gasteiger partial charge in [0.15, 0.2) is 17.3 Å². The van der Waals surface area contributed by atoms with Crippen molar-refractivity contribution in [2.75, 3.05) is 28.4 Å². The first kappa shape index (κ1) is 19.5. The number of hydrogen-bond donors (Lipinski definition) is 0. The van der Waals surface area contributed by atoms with E-state index in [0.29, 0.717) is 23.5 Å². The van der Waals surface area contributed by atoms with Gasteiger partial charge in [0.25, 0.3) is 0 Å². The number of methoxy groups -OCH3 is 4. The highest BCUT2D eigenvalue weighted by molar-refractivity contribution is 6.09. The summed E-state index contributed by atoms with van der Waals surface area (Å²) in [6, 6.07) is 2.93. The lowest BCUT2D eigenvalue weighted by Crippen LogP contribution is -2.31. The third-order valence-corrected chi connectivity index (χ3v) is 3.72. The van der Waals surface area contributed by atoms with Gasteiger partial charge in [0.05, 0.1) is 28.4 Å². The average Bonchev–Trinajstić information content (AvgIpc) is 2.60. The molecule has 0 aliphatic heterocycles. The lowest BCUT2D eigenvalue weighted by Gasteiger charge is -2.20. The second-order valence-electron chi connectivity index (χ2n) is 5.16. The minimum absolute atomic E-state index is 0.0654. The molecule has 0 bridgehead atoms. The Hall–Kier alpha value is -2.57. The van der Waals surface area contributed by atoms with E-state index in [1.807, 2.05) is 0 Å². The van der Waals surface area contributed by atoms with Crippen LogP contribution in [0.5, 0.6) is 17.2 Å². The molecule has 0 fully saturated rings. The van der Waals surface area contributed by atoms with Crippen molar-refractivity contribution in [3.8, 4) is 17.2 Å². The normalized spacial score (nSPS) is 12.7. The largest absolute Gasteiger partial charge is 0.493 e. The molecule has 1 rings (SSSR count). The van der Waals surface area contributed by atoms with Gasteiger partial charge in [-0.15, -0.1) is 0 Å². The van der Waals surface area contributed by atoms with Crippen molar-refractivity contribution in [1.29, 1.82) is 0 Å². The fraction of sp³-hybridized carbons (Fsp3) is 0.471. The van der Waals surface area contributed by atoms with E-state index in [4.69, 9.17) is 18.9 Å². The Morgan fingerprint density at radius 3 is 1.96 bits per heavy atom. The number of aldehydes is 1. The van der Waals surface area contributed by atoms with Crippen LogP contribution in [0.3, 0.4) is 0 Å². The van der Waals surface area contributed by atoms with Gasteiger partial charge in [-0.25, -0.2) is 0 Å². The van der Waals surface area contributed by atoms with E-state index in [0.717, 1.165) is 0 Å². The molecule has 0 aliphatic carbocycles. The highest BCUT2D eigenvalue weighted by Crippen LogP contribution is 2.39. The van der Waals surface area contributed by atoms with E-state index in [2.05, 4.69) is 0 Å². The number of Topliss-reactive ketones (excluding diaryl/α,β-unsaturated/α-hetero) is 1. The molecule has 0 saturated heterocycles. The van der Waals surface area contributed by atoms with E-state index in [9.17, 15) is 14.4 Å². The summed E-state index contributed by atoms with van der Waals surface area (Å²) in [6.07, 6.45) is 0.735. The molecule has 0 aromatic heterocycles. The van der Waals surface area contributed by atoms with Crippen LogP contribution in [0.1, 0.15) is 23.7 Å². The van der Waals surface area contributed by atoms with Gasteiger partial charge < -0.3 is 23.7 Å². The Labute approximate surface area is 140 Å². The van der Waals surface area contributed by atoms with Gasteiger partial charge in [-0.1, -0.05) is 6.92 Å². The summed E-state index contributed by atoms with van der Waals surface area (Å²) in [7, 11) is 5.51. The second-order valence-corrected chi connectivity index (χ2v) is 5.16. The van der Waals surface area contributed by atoms with Crippen LogP contribution in [-0.2, 0) is 14.3 Å². The summed E-state index contributed by atoms with van der Waals surface area (Å²) in [5.74, 6) is -1.83. The number of hydrogen-bond acceptors (Lipinski definition) is 7. The van der Waals surface area contributed by atoms with Crippen LogP contribution in [-0.4, -0.2) is 46.5 Å². The molecule has 0 heterocycles. The summed E-state index contributed by atoms with van der Waals surface area (Å²) >= 11 is 0. The topological polar surface area (TPSA) is 88.1 Å². The first-order valence-electron chi connectivity index (χ1n) is 7.30. The molecule has 1 aromatic rings. The molecule has 0 spiro atoms. The molecule has 0 amide bonds. The molecule has 0 saturated carbocycles. The molecule has 0 N–H and O–H groups in total. The predicted octanol–water partition coefficient (Wildman–Crippen LogP) is 1.91. The van der Waals surface area contributed by atoms with Crippen molar-refractivity contribution in [1.82, 2.24) is 0 Å². The average molecular weight is 338 g/mol. The third-order valence-electron chi connectivity index (χ3n) is 3.72. The number of esters is 1. The fourth-order valence-electron chi connectivity index (χ4n) is 2.42. The molecule has 132 valence electrons. The number of ketones is 1. The highest BCUT2D eigenvalue weighted by atomic mass is 16.5. The van der Waals surface area contributed by atoms with Gasteiger partial charge in [-0.3, -0.25) is 9.59 Å². The number of carbonyl (C=O) groups excluding carboxylic acids is 3. The van der Waals surface area contributed by atoms with Crippen LogP contribution in [0.25, 0.3) is 0 Å². The maximum Gasteiger partial charge on any atom is 0.316 e. The maximum atomic E-state index is 12.8. The minimum atomic E-state index is -1.09. The SMILES string of the molecule is COC(=O)C(C(=O)c1cc(OC)c(OC)c(OC)c1)C(C)CC=O. The van der Waals surface area contributed by atoms with Gasteiger partial charge in [0.2, 0.25) is 5.75 Å². The van der Waals surface area contributed by atoms with Gasteiger partial charge in [0.1, 0.15) is 12.2 Å². The molecular weight excluding hydrogens is 316 g/mol. The van der Waals surface area contributed by atoms with E-state index >= 15 is 0 Å². The Bertz CT molecular complexity index is 584. The lowest BCUT2D eigenvalue weighted by atomic mass is 9.85. The van der Waals surface area contributed by atoms with Crippen molar-refractivity contribution in [2.24, 2.45) is 11.8 Å². The van der Waals surface area contributed by atoms with Crippen LogP contribution in [0.4, 0.5) is 0 Å². The monoisotopic (exact) mass is 338 g/mol. The van der Waals surface area contributed by atoms with Crippen molar-refractivity contribution in [3.63, 3.8) is 0 Å². The Kier molecular flexibility index (Phi) is 7.23. The Morgan fingerprint density at radius 2 is 1.58 bits per heavy atom. The van der Waals surface area contributed by atoms with E-state index in [1.165, 1.54) is 40.6 Å². The fourth-order valence-corrected chi connectivity index (χ4v) is 2.42. The van der Waals surface area contributed by atoms with Crippen molar-refractivity contribution in [2.45, 2.75) is 13.3 Å². The van der Waals surface area contributed by atoms with E-state index in [-0.39, 0.29) is 12.0 Å². The lowest BCUT2D eigenvalue weighted by molar-refractivity contribution is -0.145. The molecule has 0 aliphatic rings. The molecule has 7 nitrogen and oxygen atoms in total. The standard InChI is InChI=1S/C17H22O7/c1-10(6-7-18)14(17(20)24-5)15(19)11-8-12(21-2)16(23-4)13(9-11)22-3/h7-10,14H,6H2,1-5H3. The van der Waals surface area contributed by atoms with Gasteiger partial charge >= 0.3 is 5.97 Å². The zero-order valence-corrected chi connectivity index (χ0v) is 14.5. The molecule has 2 atom stereocenters. The smallest absolute Gasteiger partial charge is 0.316 e. The van der Waals surface area contributed by atoms with Crippen LogP contribution in [0.15, 0.2) is 12.1 Å². The zero-order chi connectivity index (χ0) is 18.3. The van der Waals surface area contributed by atoms with Crippen molar-refractivity contribution in [3.05, 3.63) is 17.7 Å². The molecule has 0 radical (unpaired) electrons. The first-order valence-corrected chi connectivity index (χ1v) is 7.30. The second kappa shape index (κ2) is 8.90. The summed E-state index contributed by atoms with van der Waals surface area (Å²) in [5.41, 5.74) is 0.206. The summed E-state index contributed by atoms with van der Waals surface area (Å²) in [4.78, 5) is 35.6. The third kappa shape index (κ3) is 4.04. The maximum absolute atomic E-state index is 12.8. The summed E-state index contributed by atoms with van der Waals surface area (Å²) < 4.78 is 20.4. The van der Waals surface area contributed by atoms with Gasteiger partial charge in [0, 0.05) is 12.0 Å². The minimum Gasteiger partial charge on any atom is -0.493 e. The van der Waals surface area contributed by atoms with Crippen LogP contribution >= 0.6 is 0 Å². The molecular formula is C17H22O7. The van der Waals surface area contributed by atoms with Crippen molar-refractivity contribution < 1.29 is 33.3 Å². The van der Waals surface area contributed by atoms with E-state index < -0.39 is 23.6 Å².